The molecule has 3 aromatic rings. The molecule has 0 spiro atoms. The summed E-state index contributed by atoms with van der Waals surface area (Å²) >= 11 is 2.84. The second kappa shape index (κ2) is 12.6. The molecule has 35 heavy (non-hydrogen) atoms. The van der Waals surface area contributed by atoms with Gasteiger partial charge in [0.05, 0.1) is 0 Å². The molecule has 4 nitrogen and oxygen atoms in total. The number of hydrogen-bond donors (Lipinski definition) is 0. The molecule has 0 radical (unpaired) electrons. The standard InChI is InChI=1S/C8H8F3N.C7H4F3NO.C6H3BrF3N/c1-2-6-4-3-5-7(12-6)8(9,10)11;8-7(9,10)6-3-1-2-5(4-12)11-6;7-5-3-1-2-4(11-5)6(8,9)10/h3-5H,2H2,1H3;1-4H;1-3H. The van der Waals surface area contributed by atoms with Gasteiger partial charge in [0.2, 0.25) is 0 Å². The first-order valence-electron chi connectivity index (χ1n) is 9.30. The van der Waals surface area contributed by atoms with Crippen LogP contribution in [-0.2, 0) is 24.9 Å². The summed E-state index contributed by atoms with van der Waals surface area (Å²) in [6.07, 6.45) is -12.4. The minimum absolute atomic E-state index is 0.187. The van der Waals surface area contributed by atoms with Gasteiger partial charge >= 0.3 is 18.5 Å². The monoisotopic (exact) mass is 575 g/mol. The maximum Gasteiger partial charge on any atom is 0.433 e. The molecule has 3 rings (SSSR count). The Morgan fingerprint density at radius 2 is 1.11 bits per heavy atom. The maximum atomic E-state index is 12.0. The molecule has 0 aromatic carbocycles. The van der Waals surface area contributed by atoms with Crippen LogP contribution in [0.4, 0.5) is 39.5 Å². The third-order valence-corrected chi connectivity index (χ3v) is 4.09. The second-order valence-corrected chi connectivity index (χ2v) is 7.08. The summed E-state index contributed by atoms with van der Waals surface area (Å²) < 4.78 is 108. The number of aldehydes is 1. The van der Waals surface area contributed by atoms with E-state index < -0.39 is 35.6 Å². The Kier molecular flexibility index (Phi) is 10.8. The lowest BCUT2D eigenvalue weighted by molar-refractivity contribution is -0.142. The van der Waals surface area contributed by atoms with E-state index in [1.807, 2.05) is 0 Å². The van der Waals surface area contributed by atoms with Gasteiger partial charge < -0.3 is 0 Å². The third-order valence-electron chi connectivity index (χ3n) is 3.65. The van der Waals surface area contributed by atoms with Gasteiger partial charge in [-0.25, -0.2) is 15.0 Å². The minimum Gasteiger partial charge on any atom is -0.296 e. The minimum atomic E-state index is -4.49. The lowest BCUT2D eigenvalue weighted by Gasteiger charge is -2.05. The van der Waals surface area contributed by atoms with Crippen LogP contribution in [0.15, 0.2) is 59.2 Å². The molecule has 3 aromatic heterocycles. The number of aromatic nitrogens is 3. The zero-order valence-electron chi connectivity index (χ0n) is 17.5. The van der Waals surface area contributed by atoms with Gasteiger partial charge in [-0.1, -0.05) is 25.1 Å². The van der Waals surface area contributed by atoms with E-state index in [2.05, 4.69) is 30.9 Å². The predicted molar refractivity (Wildman–Crippen MR) is 110 cm³/mol. The van der Waals surface area contributed by atoms with Gasteiger partial charge in [0.25, 0.3) is 0 Å². The maximum absolute atomic E-state index is 12.0. The molecule has 0 aliphatic rings. The fourth-order valence-corrected chi connectivity index (χ4v) is 2.42. The van der Waals surface area contributed by atoms with E-state index in [9.17, 15) is 44.3 Å². The Hall–Kier alpha value is -3.03. The number of nitrogens with zero attached hydrogens (tertiary/aromatic N) is 3. The molecule has 0 aliphatic heterocycles. The van der Waals surface area contributed by atoms with E-state index in [0.717, 1.165) is 24.3 Å². The molecule has 190 valence electrons. The Bertz CT molecular complexity index is 1100. The van der Waals surface area contributed by atoms with Gasteiger partial charge in [-0.3, -0.25) is 4.79 Å². The SMILES string of the molecule is CCc1cccc(C(F)(F)F)n1.FC(F)(F)c1cccc(Br)n1.O=Cc1cccc(C(F)(F)F)n1. The molecule has 0 saturated heterocycles. The zero-order chi connectivity index (χ0) is 26.9. The Labute approximate surface area is 201 Å². The predicted octanol–water partition coefficient (Wildman–Crippen LogP) is 7.44. The van der Waals surface area contributed by atoms with Crippen LogP contribution in [-0.4, -0.2) is 21.2 Å². The zero-order valence-corrected chi connectivity index (χ0v) is 19.1. The van der Waals surface area contributed by atoms with E-state index in [4.69, 9.17) is 0 Å². The smallest absolute Gasteiger partial charge is 0.296 e. The van der Waals surface area contributed by atoms with E-state index in [0.29, 0.717) is 12.1 Å². The molecular formula is C21H15BrF9N3O. The number of alkyl halides is 9. The van der Waals surface area contributed by atoms with Crippen molar-refractivity contribution in [2.45, 2.75) is 31.9 Å². The number of carbonyl (C=O) groups excluding carboxylic acids is 1. The molecule has 0 saturated carbocycles. The highest BCUT2D eigenvalue weighted by Gasteiger charge is 2.33. The van der Waals surface area contributed by atoms with Gasteiger partial charge in [0, 0.05) is 5.69 Å². The van der Waals surface area contributed by atoms with Crippen molar-refractivity contribution in [1.82, 2.24) is 15.0 Å². The normalized spacial score (nSPS) is 11.5. The van der Waals surface area contributed by atoms with Crippen LogP contribution in [0.1, 0.15) is 40.2 Å². The van der Waals surface area contributed by atoms with E-state index in [1.54, 1.807) is 13.0 Å². The van der Waals surface area contributed by atoms with Crippen molar-refractivity contribution in [3.05, 3.63) is 87.7 Å². The van der Waals surface area contributed by atoms with Crippen LogP contribution in [0.5, 0.6) is 0 Å². The number of pyridine rings is 3. The molecule has 0 atom stereocenters. The summed E-state index contributed by atoms with van der Waals surface area (Å²) in [4.78, 5) is 19.8. The number of hydrogen-bond acceptors (Lipinski definition) is 4. The average Bonchev–Trinajstić information content (AvgIpc) is 2.78. The molecule has 14 heteroatoms. The van der Waals surface area contributed by atoms with Gasteiger partial charge in [-0.2, -0.15) is 39.5 Å². The summed E-state index contributed by atoms with van der Waals surface area (Å²) in [7, 11) is 0. The van der Waals surface area contributed by atoms with Crippen molar-refractivity contribution in [3.63, 3.8) is 0 Å². The van der Waals surface area contributed by atoms with Crippen molar-refractivity contribution >= 4 is 22.2 Å². The van der Waals surface area contributed by atoms with Crippen LogP contribution in [0, 0.1) is 0 Å². The third kappa shape index (κ3) is 10.8. The fraction of sp³-hybridized carbons (Fsp3) is 0.238. The fourth-order valence-electron chi connectivity index (χ4n) is 2.08. The first kappa shape index (κ1) is 30.0. The lowest BCUT2D eigenvalue weighted by atomic mass is 10.2. The summed E-state index contributed by atoms with van der Waals surface area (Å²) in [6.45, 7) is 1.77. The first-order chi connectivity index (χ1) is 16.1. The summed E-state index contributed by atoms with van der Waals surface area (Å²) in [5.41, 5.74) is -2.50. The van der Waals surface area contributed by atoms with Crippen LogP contribution < -0.4 is 0 Å². The van der Waals surface area contributed by atoms with Gasteiger partial charge in [-0.15, -0.1) is 0 Å². The first-order valence-corrected chi connectivity index (χ1v) is 10.1. The van der Waals surface area contributed by atoms with Crippen LogP contribution in [0.25, 0.3) is 0 Å². The largest absolute Gasteiger partial charge is 0.433 e. The summed E-state index contributed by atoms with van der Waals surface area (Å²) in [5, 5.41) is 0. The average molecular weight is 576 g/mol. The molecule has 0 unspecified atom stereocenters. The highest BCUT2D eigenvalue weighted by molar-refractivity contribution is 9.10. The number of rotatable bonds is 2. The van der Waals surface area contributed by atoms with Gasteiger partial charge in [0.15, 0.2) is 6.29 Å². The van der Waals surface area contributed by atoms with E-state index in [1.165, 1.54) is 24.3 Å². The van der Waals surface area contributed by atoms with Crippen molar-refractivity contribution < 1.29 is 44.3 Å². The van der Waals surface area contributed by atoms with Crippen LogP contribution >= 0.6 is 15.9 Å². The van der Waals surface area contributed by atoms with E-state index in [-0.39, 0.29) is 16.6 Å². The Balaban J connectivity index is 0.000000263. The second-order valence-electron chi connectivity index (χ2n) is 6.27. The topological polar surface area (TPSA) is 55.7 Å². The molecule has 0 amide bonds. The molecule has 0 aliphatic carbocycles. The van der Waals surface area contributed by atoms with Crippen molar-refractivity contribution in [2.75, 3.05) is 0 Å². The number of carbonyl (C=O) groups is 1. The summed E-state index contributed by atoms with van der Waals surface area (Å²) in [6, 6.07) is 10.7. The molecule has 0 fully saturated rings. The molecule has 0 bridgehead atoms. The Morgan fingerprint density at radius 1 is 0.686 bits per heavy atom. The summed E-state index contributed by atoms with van der Waals surface area (Å²) in [5.74, 6) is 0. The highest BCUT2D eigenvalue weighted by Crippen LogP contribution is 2.29. The van der Waals surface area contributed by atoms with Crippen molar-refractivity contribution in [1.29, 1.82) is 0 Å². The van der Waals surface area contributed by atoms with E-state index >= 15 is 0 Å². The Morgan fingerprint density at radius 3 is 1.51 bits per heavy atom. The lowest BCUT2D eigenvalue weighted by Crippen LogP contribution is -2.08. The number of aryl methyl sites for hydroxylation is 1. The van der Waals surface area contributed by atoms with Crippen LogP contribution in [0.2, 0.25) is 0 Å². The van der Waals surface area contributed by atoms with Crippen LogP contribution in [0.3, 0.4) is 0 Å². The highest BCUT2D eigenvalue weighted by atomic mass is 79.9. The molecule has 0 N–H and O–H groups in total. The van der Waals surface area contributed by atoms with Crippen molar-refractivity contribution in [2.24, 2.45) is 0 Å². The van der Waals surface area contributed by atoms with Gasteiger partial charge in [-0.05, 0) is 58.7 Å². The van der Waals surface area contributed by atoms with Crippen molar-refractivity contribution in [3.8, 4) is 0 Å². The quantitative estimate of drug-likeness (QED) is 0.181. The van der Waals surface area contributed by atoms with Gasteiger partial charge in [0.1, 0.15) is 27.4 Å². The molecule has 3 heterocycles. The number of halogens is 10. The molecular weight excluding hydrogens is 561 g/mol.